The van der Waals surface area contributed by atoms with Gasteiger partial charge in [-0.3, -0.25) is 14.9 Å². The summed E-state index contributed by atoms with van der Waals surface area (Å²) in [7, 11) is 0. The molecule has 5 aliphatic rings. The van der Waals surface area contributed by atoms with Crippen LogP contribution in [0.4, 0.5) is 5.69 Å². The first-order valence-electron chi connectivity index (χ1n) is 14.5. The molecule has 1 aliphatic heterocycles. The molecule has 1 heterocycles. The van der Waals surface area contributed by atoms with Crippen LogP contribution in [0, 0.1) is 38.7 Å². The molecule has 8 atom stereocenters. The molecule has 11 heteroatoms. The van der Waals surface area contributed by atoms with E-state index < -0.39 is 39.0 Å². The summed E-state index contributed by atoms with van der Waals surface area (Å²) in [5.41, 5.74) is -0.754. The highest BCUT2D eigenvalue weighted by Gasteiger charge is 2.71. The average Bonchev–Trinajstić information content (AvgIpc) is 3.48. The van der Waals surface area contributed by atoms with Crippen molar-refractivity contribution < 1.29 is 34.6 Å². The number of fused-ring (bicyclic) bond motifs is 5. The Bertz CT molecular complexity index is 1350. The van der Waals surface area contributed by atoms with Crippen LogP contribution in [0.5, 0.6) is 0 Å². The number of aliphatic hydroxyl groups is 3. The lowest BCUT2D eigenvalue weighted by atomic mass is 9.41. The third-order valence-electron chi connectivity index (χ3n) is 11.4. The van der Waals surface area contributed by atoms with Gasteiger partial charge in [-0.1, -0.05) is 19.1 Å². The van der Waals surface area contributed by atoms with Crippen molar-refractivity contribution in [2.45, 2.75) is 82.0 Å². The molecule has 1 aromatic rings. The first kappa shape index (κ1) is 28.0. The monoisotopic (exact) mass is 567 g/mol. The van der Waals surface area contributed by atoms with E-state index in [1.54, 1.807) is 12.3 Å². The van der Waals surface area contributed by atoms with Gasteiger partial charge in [-0.25, -0.2) is 10.2 Å². The molecule has 0 radical (unpaired) electrons. The normalized spacial score (nSPS) is 41.7. The Hall–Kier alpha value is -3.15. The molecule has 11 nitrogen and oxygen atoms in total. The Morgan fingerprint density at radius 1 is 1.12 bits per heavy atom. The lowest BCUT2D eigenvalue weighted by Gasteiger charge is -2.65. The molecule has 0 aromatic heterocycles. The van der Waals surface area contributed by atoms with Crippen LogP contribution in [0.1, 0.15) is 75.1 Å². The molecule has 0 unspecified atom stereocenters. The lowest BCUT2D eigenvalue weighted by molar-refractivity contribution is -0.385. The minimum absolute atomic E-state index is 0.0273. The van der Waals surface area contributed by atoms with Crippen LogP contribution in [0.15, 0.2) is 41.0 Å². The summed E-state index contributed by atoms with van der Waals surface area (Å²) >= 11 is 0. The van der Waals surface area contributed by atoms with Crippen LogP contribution in [0.3, 0.4) is 0 Å². The summed E-state index contributed by atoms with van der Waals surface area (Å²) in [4.78, 5) is 35.5. The topological polar surface area (TPSA) is 172 Å². The summed E-state index contributed by atoms with van der Waals surface area (Å²) in [5, 5.41) is 50.8. The predicted molar refractivity (Wildman–Crippen MR) is 147 cm³/mol. The molecular weight excluding hydrogens is 530 g/mol. The number of nitrogens with zero attached hydrogens (tertiary/aromatic N) is 2. The minimum Gasteiger partial charge on any atom is -0.458 e. The number of carbonyl (C=O) groups is 2. The van der Waals surface area contributed by atoms with Crippen molar-refractivity contribution in [2.75, 3.05) is 6.61 Å². The van der Waals surface area contributed by atoms with E-state index in [0.29, 0.717) is 44.9 Å². The third-order valence-corrected chi connectivity index (χ3v) is 11.4. The number of rotatable bonds is 5. The van der Waals surface area contributed by atoms with Gasteiger partial charge in [0.05, 0.1) is 22.2 Å². The number of carbonyl (C=O) groups excluding carboxylic acids is 2. The minimum atomic E-state index is -1.28. The summed E-state index contributed by atoms with van der Waals surface area (Å²) in [5.74, 6) is -1.36. The summed E-state index contributed by atoms with van der Waals surface area (Å²) in [6.07, 6.45) is 7.18. The van der Waals surface area contributed by atoms with Crippen molar-refractivity contribution in [1.29, 1.82) is 0 Å². The zero-order chi connectivity index (χ0) is 29.2. The molecule has 0 bridgehead atoms. The number of cyclic esters (lactones) is 1. The Morgan fingerprint density at radius 3 is 2.61 bits per heavy atom. The molecule has 41 heavy (non-hydrogen) atoms. The maximum atomic E-state index is 12.9. The van der Waals surface area contributed by atoms with Gasteiger partial charge in [0.1, 0.15) is 12.2 Å². The van der Waals surface area contributed by atoms with Crippen molar-refractivity contribution in [3.05, 3.63) is 51.6 Å². The quantitative estimate of drug-likeness (QED) is 0.182. The Morgan fingerprint density at radius 2 is 1.88 bits per heavy atom. The summed E-state index contributed by atoms with van der Waals surface area (Å²) < 4.78 is 5.21. The first-order chi connectivity index (χ1) is 19.4. The molecule has 1 aromatic carbocycles. The van der Waals surface area contributed by atoms with Crippen molar-refractivity contribution in [3.63, 3.8) is 0 Å². The smallest absolute Gasteiger partial charge is 0.331 e. The second kappa shape index (κ2) is 9.71. The largest absolute Gasteiger partial charge is 0.458 e. The number of esters is 1. The third kappa shape index (κ3) is 4.07. The summed E-state index contributed by atoms with van der Waals surface area (Å²) in [6, 6.07) is 5.63. The second-order valence-corrected chi connectivity index (χ2v) is 13.0. The number of nitro benzene ring substituents is 1. The Labute approximate surface area is 237 Å². The number of nitrogens with one attached hydrogen (secondary N) is 1. The fourth-order valence-corrected chi connectivity index (χ4v) is 9.45. The highest BCUT2D eigenvalue weighted by atomic mass is 16.6. The van der Waals surface area contributed by atoms with E-state index in [1.165, 1.54) is 24.3 Å². The number of amides is 1. The van der Waals surface area contributed by atoms with Gasteiger partial charge in [0, 0.05) is 35.6 Å². The van der Waals surface area contributed by atoms with Gasteiger partial charge in [-0.2, -0.15) is 5.10 Å². The molecule has 6 rings (SSSR count). The highest BCUT2D eigenvalue weighted by Crippen LogP contribution is 2.70. The highest BCUT2D eigenvalue weighted by molar-refractivity contribution is 5.98. The van der Waals surface area contributed by atoms with E-state index in [-0.39, 0.29) is 48.0 Å². The van der Waals surface area contributed by atoms with E-state index in [1.807, 2.05) is 0 Å². The van der Waals surface area contributed by atoms with Gasteiger partial charge in [0.2, 0.25) is 0 Å². The number of para-hydroxylation sites is 1. The van der Waals surface area contributed by atoms with Crippen LogP contribution in [0.25, 0.3) is 0 Å². The number of benzene rings is 1. The molecule has 0 saturated heterocycles. The standard InChI is InChI=1S/C30H37N3O8/c1-27-10-7-22-23(30(27,38)13-9-21(27)18-14-25(35)41-16-18)8-12-29(37)15-19(34)6-11-28(22,29)17-31-32-26(36)20-4-2-3-5-24(20)33(39)40/h2-5,14,17,19,21-23,34,37-38H,6-13,15-16H2,1H3,(H,32,36)/b31-17-/t19-,21-,22+,23-,27-,28+,29+,30-/m1/s1. The number of ether oxygens (including phenoxy) is 1. The molecular formula is C30H37N3O8. The number of nitro groups is 1. The molecule has 1 amide bonds. The van der Waals surface area contributed by atoms with E-state index in [0.717, 1.165) is 12.0 Å². The number of hydrogen-bond acceptors (Lipinski definition) is 9. The van der Waals surface area contributed by atoms with Gasteiger partial charge < -0.3 is 20.1 Å². The average molecular weight is 568 g/mol. The van der Waals surface area contributed by atoms with E-state index in [9.17, 15) is 35.0 Å². The van der Waals surface area contributed by atoms with Crippen LogP contribution in [-0.4, -0.2) is 62.2 Å². The van der Waals surface area contributed by atoms with Crippen molar-refractivity contribution in [3.8, 4) is 0 Å². The fraction of sp³-hybridized carbons (Fsp3) is 0.633. The van der Waals surface area contributed by atoms with Crippen molar-refractivity contribution in [1.82, 2.24) is 5.43 Å². The summed E-state index contributed by atoms with van der Waals surface area (Å²) in [6.45, 7) is 2.38. The number of hydrogen-bond donors (Lipinski definition) is 4. The molecule has 0 spiro atoms. The van der Waals surface area contributed by atoms with Gasteiger partial charge in [-0.15, -0.1) is 0 Å². The Kier molecular flexibility index (Phi) is 6.63. The number of hydrazone groups is 1. The molecule has 4 fully saturated rings. The molecule has 4 N–H and O–H groups in total. The fourth-order valence-electron chi connectivity index (χ4n) is 9.45. The molecule has 4 aliphatic carbocycles. The molecule has 4 saturated carbocycles. The molecule has 220 valence electrons. The van der Waals surface area contributed by atoms with E-state index in [2.05, 4.69) is 17.5 Å². The maximum absolute atomic E-state index is 12.9. The zero-order valence-electron chi connectivity index (χ0n) is 23.1. The van der Waals surface area contributed by atoms with E-state index in [4.69, 9.17) is 4.74 Å². The number of aliphatic hydroxyl groups excluding tert-OH is 1. The van der Waals surface area contributed by atoms with E-state index >= 15 is 0 Å². The van der Waals surface area contributed by atoms with Gasteiger partial charge in [-0.05, 0) is 80.8 Å². The zero-order valence-corrected chi connectivity index (χ0v) is 23.1. The Balaban J connectivity index is 1.32. The van der Waals surface area contributed by atoms with Gasteiger partial charge in [0.15, 0.2) is 0 Å². The second-order valence-electron chi connectivity index (χ2n) is 13.0. The van der Waals surface area contributed by atoms with Gasteiger partial charge in [0.25, 0.3) is 11.6 Å². The van der Waals surface area contributed by atoms with Crippen LogP contribution < -0.4 is 5.43 Å². The SMILES string of the molecule is C[C@]12CC[C@H]3[C@@H](CC[C@]4(O)C[C@H](O)CC[C@]34/C=N\NC(=O)c3ccccc3[N+](=O)[O-])[C@]1(O)CC[C@@H]2C1=CC(=O)OC1. The van der Waals surface area contributed by atoms with Crippen molar-refractivity contribution >= 4 is 23.8 Å². The van der Waals surface area contributed by atoms with Gasteiger partial charge >= 0.3 is 5.97 Å². The van der Waals surface area contributed by atoms with Crippen LogP contribution in [0.2, 0.25) is 0 Å². The first-order valence-corrected chi connectivity index (χ1v) is 14.5. The predicted octanol–water partition coefficient (Wildman–Crippen LogP) is 3.02. The van der Waals surface area contributed by atoms with Crippen LogP contribution in [-0.2, 0) is 9.53 Å². The van der Waals surface area contributed by atoms with Crippen molar-refractivity contribution in [2.24, 2.45) is 33.7 Å². The van der Waals surface area contributed by atoms with Crippen LogP contribution >= 0.6 is 0 Å². The lowest BCUT2D eigenvalue weighted by Crippen LogP contribution is -2.68. The maximum Gasteiger partial charge on any atom is 0.331 e.